The lowest BCUT2D eigenvalue weighted by molar-refractivity contribution is 0.430. The Balaban J connectivity index is 0.000000980. The molecular formula is C10H14Cl2N2. The normalized spacial score (nSPS) is 21.4. The van der Waals surface area contributed by atoms with Crippen molar-refractivity contribution in [2.45, 2.75) is 6.04 Å². The molecule has 1 saturated heterocycles. The minimum absolute atomic E-state index is 0. The van der Waals surface area contributed by atoms with Crippen LogP contribution in [0.2, 0.25) is 5.02 Å². The van der Waals surface area contributed by atoms with E-state index in [-0.39, 0.29) is 12.4 Å². The van der Waals surface area contributed by atoms with E-state index < -0.39 is 0 Å². The van der Waals surface area contributed by atoms with Crippen molar-refractivity contribution in [3.05, 3.63) is 34.9 Å². The lowest BCUT2D eigenvalue weighted by atomic mass is 10.1. The summed E-state index contributed by atoms with van der Waals surface area (Å²) < 4.78 is 0. The number of hydrogen-bond donors (Lipinski definition) is 2. The number of benzene rings is 1. The largest absolute Gasteiger partial charge is 0.314 e. The summed E-state index contributed by atoms with van der Waals surface area (Å²) in [6, 6.07) is 8.46. The summed E-state index contributed by atoms with van der Waals surface area (Å²) in [5.74, 6) is 0. The third-order valence-electron chi connectivity index (χ3n) is 2.31. The van der Waals surface area contributed by atoms with E-state index in [4.69, 9.17) is 11.6 Å². The Bertz CT molecular complexity index is 268. The van der Waals surface area contributed by atoms with Gasteiger partial charge in [-0.25, -0.2) is 0 Å². The molecule has 1 fully saturated rings. The van der Waals surface area contributed by atoms with Crippen molar-refractivity contribution in [3.8, 4) is 0 Å². The van der Waals surface area contributed by atoms with Gasteiger partial charge in [-0.15, -0.1) is 12.4 Å². The summed E-state index contributed by atoms with van der Waals surface area (Å²) in [7, 11) is 0. The summed E-state index contributed by atoms with van der Waals surface area (Å²) in [4.78, 5) is 0. The van der Waals surface area contributed by atoms with Crippen LogP contribution in [0.25, 0.3) is 0 Å². The fourth-order valence-electron chi connectivity index (χ4n) is 1.58. The Hall–Kier alpha value is -0.280. The molecule has 1 aromatic carbocycles. The highest BCUT2D eigenvalue weighted by Gasteiger charge is 2.13. The number of rotatable bonds is 1. The molecule has 1 aromatic rings. The van der Waals surface area contributed by atoms with Crippen molar-refractivity contribution in [1.29, 1.82) is 0 Å². The van der Waals surface area contributed by atoms with Crippen LogP contribution in [0, 0.1) is 0 Å². The molecule has 1 atom stereocenters. The Labute approximate surface area is 95.4 Å². The van der Waals surface area contributed by atoms with Crippen molar-refractivity contribution < 1.29 is 0 Å². The van der Waals surface area contributed by atoms with E-state index in [0.717, 1.165) is 24.7 Å². The van der Waals surface area contributed by atoms with Gasteiger partial charge in [-0.1, -0.05) is 23.7 Å². The first-order chi connectivity index (χ1) is 6.36. The van der Waals surface area contributed by atoms with E-state index in [1.54, 1.807) is 0 Å². The molecule has 0 radical (unpaired) electrons. The molecule has 2 N–H and O–H groups in total. The average Bonchev–Trinajstić information content (AvgIpc) is 2.20. The third kappa shape index (κ3) is 2.85. The Kier molecular flexibility index (Phi) is 4.69. The van der Waals surface area contributed by atoms with Crippen LogP contribution in [0.4, 0.5) is 0 Å². The smallest absolute Gasteiger partial charge is 0.0447 e. The van der Waals surface area contributed by atoms with Gasteiger partial charge in [0.1, 0.15) is 0 Å². The molecule has 0 bridgehead atoms. The van der Waals surface area contributed by atoms with Gasteiger partial charge in [0.05, 0.1) is 0 Å². The fourth-order valence-corrected chi connectivity index (χ4v) is 1.71. The van der Waals surface area contributed by atoms with Crippen LogP contribution >= 0.6 is 24.0 Å². The van der Waals surface area contributed by atoms with Crippen molar-refractivity contribution >= 4 is 24.0 Å². The molecule has 0 amide bonds. The van der Waals surface area contributed by atoms with Crippen molar-refractivity contribution in [3.63, 3.8) is 0 Å². The number of halogens is 2. The van der Waals surface area contributed by atoms with Gasteiger partial charge in [-0.05, 0) is 17.7 Å². The minimum Gasteiger partial charge on any atom is -0.314 e. The first-order valence-corrected chi connectivity index (χ1v) is 4.93. The topological polar surface area (TPSA) is 24.1 Å². The van der Waals surface area contributed by atoms with Crippen LogP contribution in [0.3, 0.4) is 0 Å². The molecule has 2 rings (SSSR count). The Morgan fingerprint density at radius 1 is 1.14 bits per heavy atom. The van der Waals surface area contributed by atoms with Gasteiger partial charge in [0.2, 0.25) is 0 Å². The molecule has 2 nitrogen and oxygen atoms in total. The second-order valence-corrected chi connectivity index (χ2v) is 3.70. The summed E-state index contributed by atoms with van der Waals surface area (Å²) in [5, 5.41) is 7.60. The van der Waals surface area contributed by atoms with E-state index in [1.165, 1.54) is 5.56 Å². The predicted octanol–water partition coefficient (Wildman–Crippen LogP) is 2.00. The average molecular weight is 233 g/mol. The molecular weight excluding hydrogens is 219 g/mol. The van der Waals surface area contributed by atoms with Crippen LogP contribution < -0.4 is 10.6 Å². The quantitative estimate of drug-likeness (QED) is 0.775. The predicted molar refractivity (Wildman–Crippen MR) is 62.3 cm³/mol. The molecule has 1 aliphatic rings. The molecule has 4 heteroatoms. The van der Waals surface area contributed by atoms with E-state index >= 15 is 0 Å². The highest BCUT2D eigenvalue weighted by atomic mass is 35.5. The highest BCUT2D eigenvalue weighted by molar-refractivity contribution is 6.30. The van der Waals surface area contributed by atoms with E-state index in [9.17, 15) is 0 Å². The van der Waals surface area contributed by atoms with Crippen LogP contribution in [-0.4, -0.2) is 19.6 Å². The van der Waals surface area contributed by atoms with Gasteiger partial charge in [-0.3, -0.25) is 0 Å². The maximum atomic E-state index is 5.81. The molecule has 78 valence electrons. The van der Waals surface area contributed by atoms with Crippen molar-refractivity contribution in [2.24, 2.45) is 0 Å². The Morgan fingerprint density at radius 3 is 2.43 bits per heavy atom. The molecule has 0 unspecified atom stereocenters. The van der Waals surface area contributed by atoms with Gasteiger partial charge in [-0.2, -0.15) is 0 Å². The first-order valence-electron chi connectivity index (χ1n) is 4.56. The van der Waals surface area contributed by atoms with E-state index in [0.29, 0.717) is 6.04 Å². The molecule has 0 saturated carbocycles. The SMILES string of the molecule is Cl.Clc1ccc([C@H]2CNCCN2)cc1. The van der Waals surface area contributed by atoms with Crippen LogP contribution in [-0.2, 0) is 0 Å². The van der Waals surface area contributed by atoms with Gasteiger partial charge < -0.3 is 10.6 Å². The molecule has 1 heterocycles. The van der Waals surface area contributed by atoms with E-state index in [1.807, 2.05) is 12.1 Å². The van der Waals surface area contributed by atoms with Crippen molar-refractivity contribution in [2.75, 3.05) is 19.6 Å². The number of piperazine rings is 1. The van der Waals surface area contributed by atoms with Gasteiger partial charge in [0, 0.05) is 30.7 Å². The molecule has 14 heavy (non-hydrogen) atoms. The standard InChI is InChI=1S/C10H13ClN2.ClH/c11-9-3-1-8(2-4-9)10-7-12-5-6-13-10;/h1-4,10,12-13H,5-7H2;1H/t10-;/m1./s1. The second kappa shape index (κ2) is 5.56. The first kappa shape index (κ1) is 11.8. The lowest BCUT2D eigenvalue weighted by Crippen LogP contribution is -2.42. The highest BCUT2D eigenvalue weighted by Crippen LogP contribution is 2.16. The van der Waals surface area contributed by atoms with Crippen molar-refractivity contribution in [1.82, 2.24) is 10.6 Å². The lowest BCUT2D eigenvalue weighted by Gasteiger charge is -2.24. The van der Waals surface area contributed by atoms with Crippen LogP contribution in [0.5, 0.6) is 0 Å². The van der Waals surface area contributed by atoms with Crippen LogP contribution in [0.15, 0.2) is 24.3 Å². The zero-order valence-electron chi connectivity index (χ0n) is 7.79. The number of hydrogen-bond acceptors (Lipinski definition) is 2. The fraction of sp³-hybridized carbons (Fsp3) is 0.400. The zero-order chi connectivity index (χ0) is 9.10. The van der Waals surface area contributed by atoms with Gasteiger partial charge >= 0.3 is 0 Å². The maximum absolute atomic E-state index is 5.81. The third-order valence-corrected chi connectivity index (χ3v) is 2.57. The summed E-state index contributed by atoms with van der Waals surface area (Å²) in [6.45, 7) is 3.10. The van der Waals surface area contributed by atoms with E-state index in [2.05, 4.69) is 22.8 Å². The second-order valence-electron chi connectivity index (χ2n) is 3.26. The Morgan fingerprint density at radius 2 is 1.86 bits per heavy atom. The van der Waals surface area contributed by atoms with Gasteiger partial charge in [0.25, 0.3) is 0 Å². The summed E-state index contributed by atoms with van der Waals surface area (Å²) in [5.41, 5.74) is 1.30. The molecule has 0 aliphatic carbocycles. The number of nitrogens with one attached hydrogen (secondary N) is 2. The van der Waals surface area contributed by atoms with Crippen LogP contribution in [0.1, 0.15) is 11.6 Å². The molecule has 1 aliphatic heterocycles. The zero-order valence-corrected chi connectivity index (χ0v) is 9.37. The summed E-state index contributed by atoms with van der Waals surface area (Å²) >= 11 is 5.81. The molecule has 0 aromatic heterocycles. The molecule has 0 spiro atoms. The van der Waals surface area contributed by atoms with Gasteiger partial charge in [0.15, 0.2) is 0 Å². The maximum Gasteiger partial charge on any atom is 0.0447 e. The minimum atomic E-state index is 0. The summed E-state index contributed by atoms with van der Waals surface area (Å²) in [6.07, 6.45) is 0. The monoisotopic (exact) mass is 232 g/mol.